The summed E-state index contributed by atoms with van der Waals surface area (Å²) in [7, 11) is 1.36. The second kappa shape index (κ2) is 10.6. The molecule has 0 unspecified atom stereocenters. The van der Waals surface area contributed by atoms with Gasteiger partial charge in [-0.25, -0.2) is 14.6 Å². The number of nitrogens with zero attached hydrogens (tertiary/aromatic N) is 3. The number of rotatable bonds is 6. The number of methoxy groups -OCH3 is 1. The Morgan fingerprint density at radius 3 is 2.59 bits per heavy atom. The van der Waals surface area contributed by atoms with Crippen molar-refractivity contribution in [3.8, 4) is 5.69 Å². The first kappa shape index (κ1) is 26.6. The van der Waals surface area contributed by atoms with Gasteiger partial charge in [-0.05, 0) is 75.0 Å². The average Bonchev–Trinajstić information content (AvgIpc) is 3.62. The zero-order valence-corrected chi connectivity index (χ0v) is 23.8. The summed E-state index contributed by atoms with van der Waals surface area (Å²) in [6.45, 7) is 7.71. The van der Waals surface area contributed by atoms with Crippen LogP contribution in [0.15, 0.2) is 68.9 Å². The van der Waals surface area contributed by atoms with Crippen LogP contribution in [0.3, 0.4) is 0 Å². The second-order valence-corrected chi connectivity index (χ2v) is 11.0. The van der Waals surface area contributed by atoms with Gasteiger partial charge in [0.2, 0.25) is 0 Å². The molecular formula is C29H27N3O5S2. The predicted molar refractivity (Wildman–Crippen MR) is 151 cm³/mol. The summed E-state index contributed by atoms with van der Waals surface area (Å²) in [5.74, 6) is -0.873. The third kappa shape index (κ3) is 4.70. The van der Waals surface area contributed by atoms with Crippen molar-refractivity contribution in [2.45, 2.75) is 33.7 Å². The molecule has 1 atom stereocenters. The number of carbonyl (C=O) groups excluding carboxylic acids is 2. The van der Waals surface area contributed by atoms with Crippen molar-refractivity contribution < 1.29 is 19.1 Å². The van der Waals surface area contributed by atoms with Crippen molar-refractivity contribution in [1.29, 1.82) is 0 Å². The molecule has 0 fully saturated rings. The van der Waals surface area contributed by atoms with Crippen molar-refractivity contribution in [3.05, 3.63) is 106 Å². The minimum absolute atomic E-state index is 0.219. The first-order chi connectivity index (χ1) is 18.7. The number of aryl methyl sites for hydroxylation is 1. The first-order valence-electron chi connectivity index (χ1n) is 12.4. The molecule has 10 heteroatoms. The molecular weight excluding hydrogens is 534 g/mol. The Balaban J connectivity index is 1.65. The highest BCUT2D eigenvalue weighted by Gasteiger charge is 2.34. The van der Waals surface area contributed by atoms with Crippen LogP contribution < -0.4 is 14.9 Å². The molecule has 0 saturated heterocycles. The molecule has 200 valence electrons. The Hall–Kier alpha value is -4.02. The number of thiophene rings is 1. The van der Waals surface area contributed by atoms with Gasteiger partial charge in [-0.1, -0.05) is 23.5 Å². The van der Waals surface area contributed by atoms with E-state index >= 15 is 0 Å². The number of ether oxygens (including phenoxy) is 2. The van der Waals surface area contributed by atoms with Crippen molar-refractivity contribution in [1.82, 2.24) is 9.13 Å². The van der Waals surface area contributed by atoms with Crippen LogP contribution in [-0.4, -0.2) is 34.8 Å². The number of allylic oxidation sites excluding steroid dienone is 1. The predicted octanol–water partition coefficient (Wildman–Crippen LogP) is 4.05. The van der Waals surface area contributed by atoms with Crippen LogP contribution in [0.1, 0.15) is 52.1 Å². The molecule has 0 amide bonds. The van der Waals surface area contributed by atoms with Crippen molar-refractivity contribution in [2.75, 3.05) is 13.7 Å². The topological polar surface area (TPSA) is 91.9 Å². The Morgan fingerprint density at radius 1 is 1.10 bits per heavy atom. The Bertz CT molecular complexity index is 1810. The lowest BCUT2D eigenvalue weighted by atomic mass is 10.0. The molecule has 39 heavy (non-hydrogen) atoms. The van der Waals surface area contributed by atoms with Gasteiger partial charge in [-0.3, -0.25) is 9.36 Å². The Morgan fingerprint density at radius 2 is 1.90 bits per heavy atom. The third-order valence-corrected chi connectivity index (χ3v) is 8.52. The van der Waals surface area contributed by atoms with Crippen LogP contribution in [0.5, 0.6) is 0 Å². The minimum Gasteiger partial charge on any atom is -0.465 e. The fourth-order valence-corrected chi connectivity index (χ4v) is 6.73. The molecule has 0 saturated carbocycles. The number of hydrogen-bond donors (Lipinski definition) is 0. The zero-order chi connectivity index (χ0) is 27.8. The van der Waals surface area contributed by atoms with E-state index in [9.17, 15) is 14.4 Å². The molecule has 8 nitrogen and oxygen atoms in total. The highest BCUT2D eigenvalue weighted by molar-refractivity contribution is 7.10. The molecule has 0 bridgehead atoms. The lowest BCUT2D eigenvalue weighted by molar-refractivity contribution is -0.139. The van der Waals surface area contributed by atoms with E-state index in [-0.39, 0.29) is 12.2 Å². The van der Waals surface area contributed by atoms with Crippen LogP contribution in [0.4, 0.5) is 0 Å². The molecule has 1 aliphatic rings. The fraction of sp³-hybridized carbons (Fsp3) is 0.241. The number of esters is 2. The lowest BCUT2D eigenvalue weighted by Crippen LogP contribution is -2.39. The van der Waals surface area contributed by atoms with Crippen molar-refractivity contribution in [2.24, 2.45) is 4.99 Å². The fourth-order valence-electron chi connectivity index (χ4n) is 4.87. The van der Waals surface area contributed by atoms with Gasteiger partial charge in [0, 0.05) is 22.0 Å². The summed E-state index contributed by atoms with van der Waals surface area (Å²) < 4.78 is 14.4. The van der Waals surface area contributed by atoms with E-state index in [1.165, 1.54) is 29.8 Å². The summed E-state index contributed by atoms with van der Waals surface area (Å²) in [5.41, 5.74) is 4.72. The Labute approximate surface area is 232 Å². The van der Waals surface area contributed by atoms with E-state index in [2.05, 4.69) is 4.99 Å². The number of aromatic nitrogens is 2. The van der Waals surface area contributed by atoms with E-state index in [4.69, 9.17) is 9.47 Å². The van der Waals surface area contributed by atoms with Gasteiger partial charge in [0.25, 0.3) is 5.56 Å². The van der Waals surface area contributed by atoms with Gasteiger partial charge in [0.1, 0.15) is 6.04 Å². The van der Waals surface area contributed by atoms with Crippen LogP contribution in [-0.2, 0) is 14.3 Å². The van der Waals surface area contributed by atoms with Gasteiger partial charge in [-0.15, -0.1) is 11.3 Å². The van der Waals surface area contributed by atoms with Gasteiger partial charge in [-0.2, -0.15) is 0 Å². The zero-order valence-electron chi connectivity index (χ0n) is 22.2. The molecule has 0 aliphatic carbocycles. The molecule has 0 N–H and O–H groups in total. The van der Waals surface area contributed by atoms with Crippen LogP contribution >= 0.6 is 22.7 Å². The maximum Gasteiger partial charge on any atom is 0.338 e. The summed E-state index contributed by atoms with van der Waals surface area (Å²) in [5, 5.41) is 1.92. The SMILES string of the molecule is CCOC(=O)C1=C(C)N=c2sc(=Cc3cc(C)n(-c4cccc(C(=O)OC)c4)c3C)c(=O)n2[C@H]1c1cccs1. The molecule has 1 aliphatic heterocycles. The molecule has 5 rings (SSSR count). The van der Waals surface area contributed by atoms with Gasteiger partial charge in [0.05, 0.1) is 35.1 Å². The number of fused-ring (bicyclic) bond motifs is 1. The molecule has 3 aromatic heterocycles. The molecule has 4 heterocycles. The van der Waals surface area contributed by atoms with E-state index in [0.29, 0.717) is 26.2 Å². The molecule has 1 aromatic carbocycles. The van der Waals surface area contributed by atoms with Crippen LogP contribution in [0, 0.1) is 13.8 Å². The molecule has 0 radical (unpaired) electrons. The van der Waals surface area contributed by atoms with Gasteiger partial charge in [0.15, 0.2) is 4.80 Å². The van der Waals surface area contributed by atoms with Crippen LogP contribution in [0.2, 0.25) is 0 Å². The first-order valence-corrected chi connectivity index (χ1v) is 14.1. The summed E-state index contributed by atoms with van der Waals surface area (Å²) in [4.78, 5) is 44.9. The summed E-state index contributed by atoms with van der Waals surface area (Å²) in [6.07, 6.45) is 1.86. The van der Waals surface area contributed by atoms with Crippen molar-refractivity contribution >= 4 is 40.7 Å². The van der Waals surface area contributed by atoms with Gasteiger partial charge < -0.3 is 14.0 Å². The number of carbonyl (C=O) groups is 2. The number of thiazole rings is 1. The maximum atomic E-state index is 13.8. The highest BCUT2D eigenvalue weighted by atomic mass is 32.1. The van der Waals surface area contributed by atoms with Crippen molar-refractivity contribution in [3.63, 3.8) is 0 Å². The maximum absolute atomic E-state index is 13.8. The highest BCUT2D eigenvalue weighted by Crippen LogP contribution is 2.33. The number of hydrogen-bond acceptors (Lipinski definition) is 8. The average molecular weight is 562 g/mol. The smallest absolute Gasteiger partial charge is 0.338 e. The summed E-state index contributed by atoms with van der Waals surface area (Å²) >= 11 is 2.77. The second-order valence-electron chi connectivity index (χ2n) is 9.02. The monoisotopic (exact) mass is 561 g/mol. The van der Waals surface area contributed by atoms with E-state index in [0.717, 1.165) is 27.5 Å². The Kier molecular flexibility index (Phi) is 7.24. The van der Waals surface area contributed by atoms with Gasteiger partial charge >= 0.3 is 11.9 Å². The van der Waals surface area contributed by atoms with E-state index in [1.54, 1.807) is 30.5 Å². The lowest BCUT2D eigenvalue weighted by Gasteiger charge is -2.23. The molecule has 0 spiro atoms. The largest absolute Gasteiger partial charge is 0.465 e. The number of benzene rings is 1. The summed E-state index contributed by atoms with van der Waals surface area (Å²) in [6, 6.07) is 12.4. The minimum atomic E-state index is -0.601. The molecule has 4 aromatic rings. The quantitative estimate of drug-likeness (QED) is 0.331. The third-order valence-electron chi connectivity index (χ3n) is 6.61. The standard InChI is InChI=1S/C29H27N3O5S2/c1-6-37-28(35)24-17(3)30-29-32(25(24)22-11-8-12-38-22)26(33)23(39-29)15-20-13-16(2)31(18(20)4)21-10-7-9-19(14-21)27(34)36-5/h7-15,25H,6H2,1-5H3/t25-/m0/s1. The van der Waals surface area contributed by atoms with Crippen LogP contribution in [0.25, 0.3) is 11.8 Å². The van der Waals surface area contributed by atoms with E-state index < -0.39 is 18.0 Å². The normalized spacial score (nSPS) is 15.2. The van der Waals surface area contributed by atoms with E-state index in [1.807, 2.05) is 60.2 Å².